The second kappa shape index (κ2) is 3.30. The van der Waals surface area contributed by atoms with Crippen LogP contribution in [0.25, 0.3) is 0 Å². The van der Waals surface area contributed by atoms with E-state index in [9.17, 15) is 13.2 Å². The summed E-state index contributed by atoms with van der Waals surface area (Å²) in [5.74, 6) is -1.24. The average Bonchev–Trinajstić information content (AvgIpc) is 2.01. The fourth-order valence-electron chi connectivity index (χ4n) is 1.05. The van der Waals surface area contributed by atoms with Gasteiger partial charge >= 0.3 is 5.97 Å². The summed E-state index contributed by atoms with van der Waals surface area (Å²) in [6, 6.07) is 3.87. The molecule has 0 atom stereocenters. The maximum Gasteiger partial charge on any atom is 0.337 e. The third kappa shape index (κ3) is 1.85. The van der Waals surface area contributed by atoms with Gasteiger partial charge in [0.05, 0.1) is 16.1 Å². The summed E-state index contributed by atoms with van der Waals surface area (Å²) < 4.78 is 22.3. The molecule has 0 bridgehead atoms. The molecule has 0 amide bonds. The molecule has 0 aliphatic rings. The van der Waals surface area contributed by atoms with Gasteiger partial charge in [-0.15, -0.1) is 0 Å². The van der Waals surface area contributed by atoms with Crippen LogP contribution < -0.4 is 5.73 Å². The largest absolute Gasteiger partial charge is 0.478 e. The number of rotatable bonds is 2. The van der Waals surface area contributed by atoms with E-state index in [1.807, 2.05) is 0 Å². The summed E-state index contributed by atoms with van der Waals surface area (Å²) in [6.07, 6.45) is 0.977. The normalized spacial score (nSPS) is 11.2. The second-order valence-corrected chi connectivity index (χ2v) is 4.78. The molecule has 0 aromatic heterocycles. The van der Waals surface area contributed by atoms with Crippen molar-refractivity contribution in [2.45, 2.75) is 4.90 Å². The molecule has 14 heavy (non-hydrogen) atoms. The monoisotopic (exact) mass is 215 g/mol. The topological polar surface area (TPSA) is 97.5 Å². The molecule has 1 rings (SSSR count). The van der Waals surface area contributed by atoms with Crippen LogP contribution in [0.15, 0.2) is 23.1 Å². The smallest absolute Gasteiger partial charge is 0.337 e. The highest BCUT2D eigenvalue weighted by atomic mass is 32.2. The van der Waals surface area contributed by atoms with Crippen LogP contribution in [-0.4, -0.2) is 25.7 Å². The zero-order valence-electron chi connectivity index (χ0n) is 7.39. The number of sulfone groups is 1. The number of nitrogen functional groups attached to an aromatic ring is 1. The number of hydrogen-bond donors (Lipinski definition) is 2. The van der Waals surface area contributed by atoms with E-state index in [1.54, 1.807) is 0 Å². The van der Waals surface area contributed by atoms with Gasteiger partial charge in [-0.2, -0.15) is 0 Å². The van der Waals surface area contributed by atoms with Crippen LogP contribution in [0.2, 0.25) is 0 Å². The lowest BCUT2D eigenvalue weighted by Gasteiger charge is -2.05. The molecule has 1 aromatic rings. The first-order valence-corrected chi connectivity index (χ1v) is 5.55. The third-order valence-corrected chi connectivity index (χ3v) is 2.85. The van der Waals surface area contributed by atoms with E-state index in [-0.39, 0.29) is 16.1 Å². The standard InChI is InChI=1S/C8H9NO4S/c1-14(12,13)6-4-2-3-5(7(6)9)8(10)11/h2-4H,9H2,1H3,(H,10,11). The van der Waals surface area contributed by atoms with E-state index in [2.05, 4.69) is 0 Å². The van der Waals surface area contributed by atoms with Crippen molar-refractivity contribution in [3.63, 3.8) is 0 Å². The van der Waals surface area contributed by atoms with Gasteiger partial charge < -0.3 is 10.8 Å². The Balaban J connectivity index is 3.51. The summed E-state index contributed by atoms with van der Waals surface area (Å²) in [5.41, 5.74) is 4.99. The van der Waals surface area contributed by atoms with Gasteiger partial charge in [-0.25, -0.2) is 13.2 Å². The molecule has 0 fully saturated rings. The molecular formula is C8H9NO4S. The zero-order chi connectivity index (χ0) is 10.9. The van der Waals surface area contributed by atoms with E-state index < -0.39 is 15.8 Å². The van der Waals surface area contributed by atoms with E-state index in [0.29, 0.717) is 0 Å². The number of hydrogen-bond acceptors (Lipinski definition) is 4. The number of anilines is 1. The van der Waals surface area contributed by atoms with Crippen LogP contribution in [0.3, 0.4) is 0 Å². The van der Waals surface area contributed by atoms with Crippen molar-refractivity contribution < 1.29 is 18.3 Å². The molecule has 1 aromatic carbocycles. The molecule has 3 N–H and O–H groups in total. The van der Waals surface area contributed by atoms with Gasteiger partial charge in [-0.3, -0.25) is 0 Å². The minimum Gasteiger partial charge on any atom is -0.478 e. The predicted molar refractivity (Wildman–Crippen MR) is 50.9 cm³/mol. The summed E-state index contributed by atoms with van der Waals surface area (Å²) in [7, 11) is -3.48. The van der Waals surface area contributed by atoms with Crippen LogP contribution in [0.5, 0.6) is 0 Å². The summed E-state index contributed by atoms with van der Waals surface area (Å²) >= 11 is 0. The fourth-order valence-corrected chi connectivity index (χ4v) is 1.89. The molecule has 6 heteroatoms. The number of para-hydroxylation sites is 1. The van der Waals surface area contributed by atoms with Crippen molar-refractivity contribution in [1.82, 2.24) is 0 Å². The van der Waals surface area contributed by atoms with E-state index >= 15 is 0 Å². The number of benzene rings is 1. The Bertz CT molecular complexity index is 478. The van der Waals surface area contributed by atoms with Crippen LogP contribution in [0.1, 0.15) is 10.4 Å². The lowest BCUT2D eigenvalue weighted by molar-refractivity contribution is 0.0698. The quantitative estimate of drug-likeness (QED) is 0.694. The number of nitrogens with two attached hydrogens (primary N) is 1. The van der Waals surface area contributed by atoms with Gasteiger partial charge in [-0.1, -0.05) is 6.07 Å². The summed E-state index contributed by atoms with van der Waals surface area (Å²) in [4.78, 5) is 10.5. The Labute approximate surface area is 81.1 Å². The molecule has 0 spiro atoms. The third-order valence-electron chi connectivity index (χ3n) is 1.70. The summed E-state index contributed by atoms with van der Waals surface area (Å²) in [5, 5.41) is 8.68. The van der Waals surface area contributed by atoms with E-state index in [4.69, 9.17) is 10.8 Å². The lowest BCUT2D eigenvalue weighted by atomic mass is 10.2. The summed E-state index contributed by atoms with van der Waals surface area (Å²) in [6.45, 7) is 0. The molecule has 0 aliphatic carbocycles. The first-order valence-electron chi connectivity index (χ1n) is 3.66. The van der Waals surface area contributed by atoms with Crippen LogP contribution in [0.4, 0.5) is 5.69 Å². The SMILES string of the molecule is CS(=O)(=O)c1cccc(C(=O)O)c1N. The van der Waals surface area contributed by atoms with Gasteiger partial charge in [0.25, 0.3) is 0 Å². The molecule has 0 heterocycles. The molecule has 76 valence electrons. The molecule has 0 saturated heterocycles. The molecule has 0 unspecified atom stereocenters. The van der Waals surface area contributed by atoms with Crippen molar-refractivity contribution in [2.24, 2.45) is 0 Å². The first kappa shape index (κ1) is 10.5. The van der Waals surface area contributed by atoms with Gasteiger partial charge in [0.2, 0.25) is 0 Å². The Morgan fingerprint density at radius 1 is 1.43 bits per heavy atom. The molecule has 0 radical (unpaired) electrons. The highest BCUT2D eigenvalue weighted by Gasteiger charge is 2.17. The van der Waals surface area contributed by atoms with Crippen LogP contribution in [-0.2, 0) is 9.84 Å². The molecule has 0 aliphatic heterocycles. The van der Waals surface area contributed by atoms with Crippen molar-refractivity contribution in [3.8, 4) is 0 Å². The van der Waals surface area contributed by atoms with E-state index in [1.165, 1.54) is 18.2 Å². The second-order valence-electron chi connectivity index (χ2n) is 2.79. The molecule has 5 nitrogen and oxygen atoms in total. The maximum absolute atomic E-state index is 11.2. The lowest BCUT2D eigenvalue weighted by Crippen LogP contribution is -2.08. The minimum atomic E-state index is -3.48. The average molecular weight is 215 g/mol. The molecular weight excluding hydrogens is 206 g/mol. The van der Waals surface area contributed by atoms with Crippen LogP contribution in [0, 0.1) is 0 Å². The zero-order valence-corrected chi connectivity index (χ0v) is 8.21. The highest BCUT2D eigenvalue weighted by molar-refractivity contribution is 7.90. The van der Waals surface area contributed by atoms with Crippen molar-refractivity contribution in [3.05, 3.63) is 23.8 Å². The minimum absolute atomic E-state index is 0.155. The van der Waals surface area contributed by atoms with Crippen molar-refractivity contribution in [2.75, 3.05) is 12.0 Å². The fraction of sp³-hybridized carbons (Fsp3) is 0.125. The first-order chi connectivity index (χ1) is 6.34. The predicted octanol–water partition coefficient (Wildman–Crippen LogP) is 0.371. The Kier molecular flexibility index (Phi) is 2.48. The van der Waals surface area contributed by atoms with Gasteiger partial charge in [0.1, 0.15) is 0 Å². The van der Waals surface area contributed by atoms with Gasteiger partial charge in [0.15, 0.2) is 9.84 Å². The number of carboxylic acids is 1. The highest BCUT2D eigenvalue weighted by Crippen LogP contribution is 2.21. The number of carboxylic acid groups (broad SMARTS) is 1. The Morgan fingerprint density at radius 2 is 2.00 bits per heavy atom. The van der Waals surface area contributed by atoms with Gasteiger partial charge in [-0.05, 0) is 12.1 Å². The van der Waals surface area contributed by atoms with Crippen molar-refractivity contribution >= 4 is 21.5 Å². The van der Waals surface area contributed by atoms with E-state index in [0.717, 1.165) is 6.26 Å². The molecule has 0 saturated carbocycles. The van der Waals surface area contributed by atoms with Gasteiger partial charge in [0, 0.05) is 6.26 Å². The Hall–Kier alpha value is -1.56. The number of carbonyl (C=O) groups is 1. The van der Waals surface area contributed by atoms with Crippen LogP contribution >= 0.6 is 0 Å². The number of aromatic carboxylic acids is 1. The van der Waals surface area contributed by atoms with Crippen molar-refractivity contribution in [1.29, 1.82) is 0 Å². The Morgan fingerprint density at radius 3 is 2.43 bits per heavy atom. The maximum atomic E-state index is 11.2.